The molecule has 112 valence electrons. The van der Waals surface area contributed by atoms with Crippen LogP contribution in [0.5, 0.6) is 5.75 Å². The first kappa shape index (κ1) is 15.4. The molecule has 2 heteroatoms. The van der Waals surface area contributed by atoms with E-state index in [9.17, 15) is 0 Å². The van der Waals surface area contributed by atoms with Crippen LogP contribution in [0.1, 0.15) is 49.8 Å². The Morgan fingerprint density at radius 3 is 2.15 bits per heavy atom. The fourth-order valence-electron chi connectivity index (χ4n) is 4.01. The maximum atomic E-state index is 6.46. The zero-order valence-corrected chi connectivity index (χ0v) is 13.8. The van der Waals surface area contributed by atoms with Crippen LogP contribution in [0.15, 0.2) is 12.1 Å². The lowest BCUT2D eigenvalue weighted by molar-refractivity contribution is -0.0841. The maximum Gasteiger partial charge on any atom is 0.125 e. The van der Waals surface area contributed by atoms with Crippen molar-refractivity contribution in [1.29, 1.82) is 0 Å². The third kappa shape index (κ3) is 2.35. The highest BCUT2D eigenvalue weighted by atomic mass is 16.5. The summed E-state index contributed by atoms with van der Waals surface area (Å²) in [4.78, 5) is 0. The van der Waals surface area contributed by atoms with Crippen LogP contribution < -0.4 is 10.1 Å². The van der Waals surface area contributed by atoms with E-state index in [1.807, 2.05) is 0 Å². The Hall–Kier alpha value is -1.02. The van der Waals surface area contributed by atoms with Crippen molar-refractivity contribution in [3.05, 3.63) is 28.8 Å². The Balaban J connectivity index is 2.23. The van der Waals surface area contributed by atoms with Gasteiger partial charge in [0.1, 0.15) is 11.9 Å². The van der Waals surface area contributed by atoms with Crippen LogP contribution in [0, 0.1) is 26.2 Å². The van der Waals surface area contributed by atoms with E-state index in [0.717, 1.165) is 12.2 Å². The van der Waals surface area contributed by atoms with Crippen LogP contribution in [0.2, 0.25) is 0 Å². The molecule has 0 aromatic heterocycles. The predicted octanol–water partition coefficient (Wildman–Crippen LogP) is 4.16. The minimum atomic E-state index is 0.290. The first-order chi connectivity index (χ1) is 9.48. The second-order valence-corrected chi connectivity index (χ2v) is 6.35. The Morgan fingerprint density at radius 1 is 1.15 bits per heavy atom. The fraction of sp³-hybridized carbons (Fsp3) is 0.667. The molecule has 2 atom stereocenters. The van der Waals surface area contributed by atoms with Gasteiger partial charge in [-0.15, -0.1) is 0 Å². The van der Waals surface area contributed by atoms with Crippen molar-refractivity contribution in [2.24, 2.45) is 5.41 Å². The molecule has 2 rings (SSSR count). The second kappa shape index (κ2) is 5.77. The molecule has 1 aromatic rings. The second-order valence-electron chi connectivity index (χ2n) is 6.35. The van der Waals surface area contributed by atoms with Crippen molar-refractivity contribution in [3.8, 4) is 5.75 Å². The number of hydrogen-bond donors (Lipinski definition) is 1. The molecule has 0 amide bonds. The molecule has 1 aromatic carbocycles. The van der Waals surface area contributed by atoms with E-state index < -0.39 is 0 Å². The molecule has 2 unspecified atom stereocenters. The summed E-state index contributed by atoms with van der Waals surface area (Å²) in [5, 5.41) is 3.47. The van der Waals surface area contributed by atoms with E-state index in [1.165, 1.54) is 29.5 Å². The van der Waals surface area contributed by atoms with Crippen LogP contribution in [-0.2, 0) is 0 Å². The summed E-state index contributed by atoms with van der Waals surface area (Å²) < 4.78 is 6.46. The first-order valence-corrected chi connectivity index (χ1v) is 7.90. The van der Waals surface area contributed by atoms with Gasteiger partial charge in [0, 0.05) is 17.9 Å². The third-order valence-electron chi connectivity index (χ3n) is 5.31. The lowest BCUT2D eigenvalue weighted by atomic mass is 9.58. The zero-order valence-electron chi connectivity index (χ0n) is 13.8. The van der Waals surface area contributed by atoms with Crippen LogP contribution >= 0.6 is 0 Å². The highest BCUT2D eigenvalue weighted by Crippen LogP contribution is 2.49. The minimum Gasteiger partial charge on any atom is -0.489 e. The van der Waals surface area contributed by atoms with Gasteiger partial charge < -0.3 is 10.1 Å². The number of rotatable bonds is 5. The molecule has 20 heavy (non-hydrogen) atoms. The predicted molar refractivity (Wildman–Crippen MR) is 85.5 cm³/mol. The van der Waals surface area contributed by atoms with Gasteiger partial charge in [0.2, 0.25) is 0 Å². The fourth-order valence-corrected chi connectivity index (χ4v) is 4.01. The summed E-state index contributed by atoms with van der Waals surface area (Å²) in [5.74, 6) is 1.10. The van der Waals surface area contributed by atoms with Gasteiger partial charge in [-0.3, -0.25) is 0 Å². The van der Waals surface area contributed by atoms with Gasteiger partial charge in [0.05, 0.1) is 0 Å². The molecule has 0 radical (unpaired) electrons. The smallest absolute Gasteiger partial charge is 0.125 e. The van der Waals surface area contributed by atoms with Gasteiger partial charge in [-0.05, 0) is 51.8 Å². The van der Waals surface area contributed by atoms with Gasteiger partial charge >= 0.3 is 0 Å². The molecule has 0 aliphatic heterocycles. The molecule has 1 aliphatic carbocycles. The molecule has 1 aliphatic rings. The molecule has 0 heterocycles. The molecule has 0 saturated heterocycles. The lowest BCUT2D eigenvalue weighted by Crippen LogP contribution is -2.63. The molecule has 0 spiro atoms. The van der Waals surface area contributed by atoms with E-state index >= 15 is 0 Å². The molecule has 1 N–H and O–H groups in total. The number of benzene rings is 1. The van der Waals surface area contributed by atoms with Gasteiger partial charge in [0.25, 0.3) is 0 Å². The normalized spacial score (nSPS) is 24.3. The topological polar surface area (TPSA) is 21.3 Å². The lowest BCUT2D eigenvalue weighted by Gasteiger charge is -2.55. The summed E-state index contributed by atoms with van der Waals surface area (Å²) in [6.45, 7) is 11.0. The quantitative estimate of drug-likeness (QED) is 0.871. The Kier molecular flexibility index (Phi) is 4.43. The average molecular weight is 275 g/mol. The molecule has 2 nitrogen and oxygen atoms in total. The molecule has 0 bridgehead atoms. The highest BCUT2D eigenvalue weighted by Gasteiger charge is 2.53. The Bertz CT molecular complexity index is 453. The number of nitrogens with one attached hydrogen (secondary N) is 1. The van der Waals surface area contributed by atoms with Crippen molar-refractivity contribution in [2.45, 2.75) is 66.0 Å². The monoisotopic (exact) mass is 275 g/mol. The van der Waals surface area contributed by atoms with Crippen molar-refractivity contribution in [1.82, 2.24) is 5.32 Å². The SMILES string of the molecule is CCC1(CC)C(NC)CC1Oc1c(C)cc(C)cc1C. The van der Waals surface area contributed by atoms with Crippen molar-refractivity contribution >= 4 is 0 Å². The molecule has 1 fully saturated rings. The maximum absolute atomic E-state index is 6.46. The van der Waals surface area contributed by atoms with Crippen LogP contribution in [0.3, 0.4) is 0 Å². The molecular formula is C18H29NO. The molecular weight excluding hydrogens is 246 g/mol. The van der Waals surface area contributed by atoms with Crippen molar-refractivity contribution in [3.63, 3.8) is 0 Å². The minimum absolute atomic E-state index is 0.290. The standard InChI is InChI=1S/C18H29NO/c1-7-18(8-2)15(19-6)11-16(18)20-17-13(4)9-12(3)10-14(17)5/h9-10,15-16,19H,7-8,11H2,1-6H3. The summed E-state index contributed by atoms with van der Waals surface area (Å²) >= 11 is 0. The first-order valence-electron chi connectivity index (χ1n) is 7.90. The van der Waals surface area contributed by atoms with Gasteiger partial charge in [0.15, 0.2) is 0 Å². The van der Waals surface area contributed by atoms with E-state index in [2.05, 4.69) is 59.1 Å². The van der Waals surface area contributed by atoms with Gasteiger partial charge in [-0.1, -0.05) is 31.5 Å². The van der Waals surface area contributed by atoms with Gasteiger partial charge in [-0.25, -0.2) is 0 Å². The van der Waals surface area contributed by atoms with Gasteiger partial charge in [-0.2, -0.15) is 0 Å². The summed E-state index contributed by atoms with van der Waals surface area (Å²) in [6, 6.07) is 5.03. The van der Waals surface area contributed by atoms with E-state index in [0.29, 0.717) is 17.6 Å². The number of hydrogen-bond acceptors (Lipinski definition) is 2. The van der Waals surface area contributed by atoms with E-state index in [4.69, 9.17) is 4.74 Å². The van der Waals surface area contributed by atoms with E-state index in [1.54, 1.807) is 0 Å². The van der Waals surface area contributed by atoms with Crippen LogP contribution in [-0.4, -0.2) is 19.2 Å². The average Bonchev–Trinajstić information content (AvgIpc) is 2.37. The third-order valence-corrected chi connectivity index (χ3v) is 5.31. The Morgan fingerprint density at radius 2 is 1.70 bits per heavy atom. The van der Waals surface area contributed by atoms with Crippen molar-refractivity contribution < 1.29 is 4.74 Å². The summed E-state index contributed by atoms with van der Waals surface area (Å²) in [5.41, 5.74) is 4.12. The highest BCUT2D eigenvalue weighted by molar-refractivity contribution is 5.43. The number of aryl methyl sites for hydroxylation is 3. The largest absolute Gasteiger partial charge is 0.489 e. The van der Waals surface area contributed by atoms with E-state index in [-0.39, 0.29) is 0 Å². The molecule has 1 saturated carbocycles. The zero-order chi connectivity index (χ0) is 14.9. The summed E-state index contributed by atoms with van der Waals surface area (Å²) in [7, 11) is 2.07. The Labute approximate surface area is 123 Å². The summed E-state index contributed by atoms with van der Waals surface area (Å²) in [6.07, 6.45) is 3.80. The van der Waals surface area contributed by atoms with Crippen LogP contribution in [0.25, 0.3) is 0 Å². The van der Waals surface area contributed by atoms with Crippen LogP contribution in [0.4, 0.5) is 0 Å². The van der Waals surface area contributed by atoms with Crippen molar-refractivity contribution in [2.75, 3.05) is 7.05 Å². The number of ether oxygens (including phenoxy) is 1.